The van der Waals surface area contributed by atoms with E-state index in [1.54, 1.807) is 6.07 Å². The minimum absolute atomic E-state index is 0.216. The molecular formula is C13H17FN2O2. The lowest BCUT2D eigenvalue weighted by molar-refractivity contribution is -0.386. The van der Waals surface area contributed by atoms with E-state index in [-0.39, 0.29) is 6.04 Å². The van der Waals surface area contributed by atoms with Crippen LogP contribution < -0.4 is 5.32 Å². The van der Waals surface area contributed by atoms with Gasteiger partial charge in [0.2, 0.25) is 5.82 Å². The van der Waals surface area contributed by atoms with Crippen molar-refractivity contribution in [2.75, 3.05) is 5.32 Å². The summed E-state index contributed by atoms with van der Waals surface area (Å²) in [6.45, 7) is 0. The Kier molecular flexibility index (Phi) is 4.12. The highest BCUT2D eigenvalue weighted by Crippen LogP contribution is 2.30. The Balaban J connectivity index is 2.17. The molecule has 1 aromatic rings. The first kappa shape index (κ1) is 12.8. The zero-order valence-electron chi connectivity index (χ0n) is 10.2. The molecule has 0 aliphatic heterocycles. The molecule has 0 amide bonds. The van der Waals surface area contributed by atoms with Crippen molar-refractivity contribution < 1.29 is 9.31 Å². The molecule has 0 unspecified atom stereocenters. The molecule has 1 saturated carbocycles. The zero-order chi connectivity index (χ0) is 13.0. The van der Waals surface area contributed by atoms with Crippen molar-refractivity contribution in [3.8, 4) is 0 Å². The van der Waals surface area contributed by atoms with Crippen molar-refractivity contribution in [1.82, 2.24) is 0 Å². The first-order valence-corrected chi connectivity index (χ1v) is 6.38. The second-order valence-electron chi connectivity index (χ2n) is 4.73. The van der Waals surface area contributed by atoms with E-state index < -0.39 is 16.4 Å². The van der Waals surface area contributed by atoms with E-state index in [0.29, 0.717) is 5.69 Å². The largest absolute Gasteiger partial charge is 0.377 e. The lowest BCUT2D eigenvalue weighted by Gasteiger charge is -2.17. The van der Waals surface area contributed by atoms with Gasteiger partial charge in [-0.1, -0.05) is 31.7 Å². The molecule has 0 radical (unpaired) electrons. The summed E-state index contributed by atoms with van der Waals surface area (Å²) in [4.78, 5) is 10.2. The van der Waals surface area contributed by atoms with E-state index in [2.05, 4.69) is 5.32 Å². The predicted octanol–water partition coefficient (Wildman–Crippen LogP) is 3.87. The van der Waals surface area contributed by atoms with Crippen LogP contribution in [0.2, 0.25) is 0 Å². The number of benzene rings is 1. The molecule has 1 N–H and O–H groups in total. The highest BCUT2D eigenvalue weighted by atomic mass is 19.1. The molecule has 0 atom stereocenters. The lowest BCUT2D eigenvalue weighted by Crippen LogP contribution is -2.19. The van der Waals surface area contributed by atoms with Crippen LogP contribution in [-0.4, -0.2) is 11.0 Å². The van der Waals surface area contributed by atoms with E-state index in [4.69, 9.17) is 0 Å². The van der Waals surface area contributed by atoms with Crippen molar-refractivity contribution in [3.05, 3.63) is 34.1 Å². The molecular weight excluding hydrogens is 235 g/mol. The van der Waals surface area contributed by atoms with Crippen LogP contribution in [-0.2, 0) is 0 Å². The van der Waals surface area contributed by atoms with Gasteiger partial charge in [-0.3, -0.25) is 10.1 Å². The zero-order valence-corrected chi connectivity index (χ0v) is 10.2. The highest BCUT2D eigenvalue weighted by molar-refractivity contribution is 5.62. The topological polar surface area (TPSA) is 55.2 Å². The summed E-state index contributed by atoms with van der Waals surface area (Å²) in [5.74, 6) is -0.779. The minimum Gasteiger partial charge on any atom is -0.377 e. The third kappa shape index (κ3) is 2.97. The molecule has 1 aliphatic rings. The monoisotopic (exact) mass is 252 g/mol. The summed E-state index contributed by atoms with van der Waals surface area (Å²) in [6, 6.07) is 4.41. The summed E-state index contributed by atoms with van der Waals surface area (Å²) in [7, 11) is 0. The number of rotatable bonds is 3. The van der Waals surface area contributed by atoms with E-state index in [9.17, 15) is 14.5 Å². The Morgan fingerprint density at radius 2 is 1.89 bits per heavy atom. The number of nitrogens with zero attached hydrogens (tertiary/aromatic N) is 1. The first-order valence-electron chi connectivity index (χ1n) is 6.38. The molecule has 0 spiro atoms. The van der Waals surface area contributed by atoms with Crippen LogP contribution in [0.4, 0.5) is 15.8 Å². The standard InChI is InChI=1S/C13H17FN2O2/c14-11-8-5-9-12(13(11)16(17)18)15-10-6-3-1-2-4-7-10/h5,8-10,15H,1-4,6-7H2. The molecule has 5 heteroatoms. The number of anilines is 1. The van der Waals surface area contributed by atoms with Crippen LogP contribution in [0.1, 0.15) is 38.5 Å². The number of hydrogen-bond acceptors (Lipinski definition) is 3. The maximum atomic E-state index is 13.5. The van der Waals surface area contributed by atoms with Crippen molar-refractivity contribution in [1.29, 1.82) is 0 Å². The molecule has 1 aromatic carbocycles. The second-order valence-corrected chi connectivity index (χ2v) is 4.73. The number of hydrogen-bond donors (Lipinski definition) is 1. The van der Waals surface area contributed by atoms with Crippen LogP contribution in [0.3, 0.4) is 0 Å². The van der Waals surface area contributed by atoms with Crippen molar-refractivity contribution >= 4 is 11.4 Å². The Labute approximate surface area is 105 Å². The van der Waals surface area contributed by atoms with Crippen LogP contribution in [0.25, 0.3) is 0 Å². The van der Waals surface area contributed by atoms with Crippen molar-refractivity contribution in [3.63, 3.8) is 0 Å². The summed E-state index contributed by atoms with van der Waals surface area (Å²) >= 11 is 0. The lowest BCUT2D eigenvalue weighted by atomic mass is 10.1. The Bertz CT molecular complexity index is 429. The van der Waals surface area contributed by atoms with Gasteiger partial charge in [-0.25, -0.2) is 0 Å². The Morgan fingerprint density at radius 1 is 1.22 bits per heavy atom. The SMILES string of the molecule is O=[N+]([O-])c1c(F)cccc1NC1CCCCCC1. The Morgan fingerprint density at radius 3 is 2.50 bits per heavy atom. The van der Waals surface area contributed by atoms with Crippen LogP contribution in [0.5, 0.6) is 0 Å². The molecule has 2 rings (SSSR count). The maximum absolute atomic E-state index is 13.5. The van der Waals surface area contributed by atoms with E-state index in [1.165, 1.54) is 18.9 Å². The van der Waals surface area contributed by atoms with Gasteiger partial charge in [-0.2, -0.15) is 4.39 Å². The second kappa shape index (κ2) is 5.80. The van der Waals surface area contributed by atoms with Gasteiger partial charge in [0, 0.05) is 6.04 Å². The van der Waals surface area contributed by atoms with E-state index in [1.807, 2.05) is 0 Å². The molecule has 0 aromatic heterocycles. The van der Waals surface area contributed by atoms with Gasteiger partial charge in [0.15, 0.2) is 0 Å². The fraction of sp³-hybridized carbons (Fsp3) is 0.538. The summed E-state index contributed by atoms with van der Waals surface area (Å²) in [5.41, 5.74) is -0.145. The Hall–Kier alpha value is -1.65. The molecule has 18 heavy (non-hydrogen) atoms. The fourth-order valence-electron chi connectivity index (χ4n) is 2.46. The predicted molar refractivity (Wildman–Crippen MR) is 68.2 cm³/mol. The number of nitrogens with one attached hydrogen (secondary N) is 1. The van der Waals surface area contributed by atoms with Gasteiger partial charge in [-0.15, -0.1) is 0 Å². The number of para-hydroxylation sites is 1. The van der Waals surface area contributed by atoms with Gasteiger partial charge in [0.1, 0.15) is 5.69 Å². The number of halogens is 1. The number of nitro groups is 1. The molecule has 4 nitrogen and oxygen atoms in total. The summed E-state index contributed by atoms with van der Waals surface area (Å²) in [5, 5.41) is 14.0. The average molecular weight is 252 g/mol. The fourth-order valence-corrected chi connectivity index (χ4v) is 2.46. The third-order valence-electron chi connectivity index (χ3n) is 3.38. The third-order valence-corrected chi connectivity index (χ3v) is 3.38. The van der Waals surface area contributed by atoms with Crippen molar-refractivity contribution in [2.45, 2.75) is 44.6 Å². The van der Waals surface area contributed by atoms with Gasteiger partial charge in [0.05, 0.1) is 4.92 Å². The van der Waals surface area contributed by atoms with Crippen LogP contribution in [0, 0.1) is 15.9 Å². The van der Waals surface area contributed by atoms with E-state index in [0.717, 1.165) is 31.7 Å². The van der Waals surface area contributed by atoms with E-state index >= 15 is 0 Å². The smallest absolute Gasteiger partial charge is 0.327 e. The quantitative estimate of drug-likeness (QED) is 0.504. The highest BCUT2D eigenvalue weighted by Gasteiger charge is 2.22. The van der Waals surface area contributed by atoms with Gasteiger partial charge in [0.25, 0.3) is 0 Å². The average Bonchev–Trinajstić information content (AvgIpc) is 2.57. The molecule has 1 aliphatic carbocycles. The summed E-state index contributed by atoms with van der Waals surface area (Å²) < 4.78 is 13.5. The minimum atomic E-state index is -0.779. The summed E-state index contributed by atoms with van der Waals surface area (Å²) in [6.07, 6.45) is 6.66. The molecule has 1 fully saturated rings. The molecule has 0 bridgehead atoms. The molecule has 0 heterocycles. The molecule has 98 valence electrons. The number of nitro benzene ring substituents is 1. The first-order chi connectivity index (χ1) is 8.68. The van der Waals surface area contributed by atoms with Crippen LogP contribution in [0.15, 0.2) is 18.2 Å². The van der Waals surface area contributed by atoms with Gasteiger partial charge in [-0.05, 0) is 25.0 Å². The van der Waals surface area contributed by atoms with Crippen molar-refractivity contribution in [2.24, 2.45) is 0 Å². The van der Waals surface area contributed by atoms with Gasteiger partial charge < -0.3 is 5.32 Å². The normalized spacial score (nSPS) is 17.2. The van der Waals surface area contributed by atoms with Gasteiger partial charge >= 0.3 is 5.69 Å². The van der Waals surface area contributed by atoms with Crippen LogP contribution >= 0.6 is 0 Å². The maximum Gasteiger partial charge on any atom is 0.327 e. The molecule has 0 saturated heterocycles.